The molecule has 0 radical (unpaired) electrons. The van der Waals surface area contributed by atoms with Gasteiger partial charge in [-0.2, -0.15) is 5.10 Å². The van der Waals surface area contributed by atoms with E-state index in [9.17, 15) is 4.79 Å². The molecule has 0 saturated heterocycles. The molecule has 0 aliphatic rings. The molecule has 0 saturated carbocycles. The van der Waals surface area contributed by atoms with E-state index in [4.69, 9.17) is 0 Å². The van der Waals surface area contributed by atoms with Crippen LogP contribution in [0.1, 0.15) is 33.1 Å². The number of nitrogens with zero attached hydrogens (tertiary/aromatic N) is 6. The van der Waals surface area contributed by atoms with Gasteiger partial charge in [0, 0.05) is 23.5 Å². The Balaban J connectivity index is 1.68. The van der Waals surface area contributed by atoms with Gasteiger partial charge in [-0.25, -0.2) is 9.67 Å². The lowest BCUT2D eigenvalue weighted by atomic mass is 10.0. The standard InChI is InChI=1S/C22H21N7O/c1-14-4-5-21(25-9-14)17-6-18(8-20(7-17)29-16(3)27-13-28-29)22(30)26-12-19-11-23-15(2)10-24-19/h4-11,13H,12H2,1-3H3,(H,26,30). The second-order valence-corrected chi connectivity index (χ2v) is 7.04. The Bertz CT molecular complexity index is 1180. The predicted octanol–water partition coefficient (Wildman–Crippen LogP) is 2.97. The van der Waals surface area contributed by atoms with Crippen LogP contribution in [-0.4, -0.2) is 35.6 Å². The van der Waals surface area contributed by atoms with Crippen molar-refractivity contribution in [3.05, 3.63) is 83.6 Å². The van der Waals surface area contributed by atoms with Crippen molar-refractivity contribution in [3.8, 4) is 16.9 Å². The van der Waals surface area contributed by atoms with E-state index in [0.29, 0.717) is 11.3 Å². The van der Waals surface area contributed by atoms with E-state index in [1.165, 1.54) is 6.33 Å². The van der Waals surface area contributed by atoms with Gasteiger partial charge in [-0.05, 0) is 50.6 Å². The lowest BCUT2D eigenvalue weighted by Crippen LogP contribution is -2.23. The highest BCUT2D eigenvalue weighted by atomic mass is 16.1. The number of carbonyl (C=O) groups excluding carboxylic acids is 1. The molecule has 0 atom stereocenters. The molecule has 1 aromatic carbocycles. The molecule has 8 nitrogen and oxygen atoms in total. The Labute approximate surface area is 174 Å². The average molecular weight is 399 g/mol. The minimum atomic E-state index is -0.217. The van der Waals surface area contributed by atoms with Gasteiger partial charge in [0.1, 0.15) is 12.2 Å². The summed E-state index contributed by atoms with van der Waals surface area (Å²) in [6.45, 7) is 6.00. The number of benzene rings is 1. The molecule has 0 spiro atoms. The summed E-state index contributed by atoms with van der Waals surface area (Å²) in [7, 11) is 0. The van der Waals surface area contributed by atoms with Gasteiger partial charge in [-0.3, -0.25) is 19.7 Å². The van der Waals surface area contributed by atoms with Crippen LogP contribution in [0.25, 0.3) is 16.9 Å². The summed E-state index contributed by atoms with van der Waals surface area (Å²) >= 11 is 0. The van der Waals surface area contributed by atoms with Gasteiger partial charge in [-0.1, -0.05) is 6.07 Å². The first-order valence-corrected chi connectivity index (χ1v) is 9.50. The van der Waals surface area contributed by atoms with Crippen LogP contribution in [0.4, 0.5) is 0 Å². The van der Waals surface area contributed by atoms with Crippen LogP contribution in [-0.2, 0) is 6.54 Å². The number of carbonyl (C=O) groups is 1. The Morgan fingerprint density at radius 1 is 0.967 bits per heavy atom. The van der Waals surface area contributed by atoms with Crippen molar-refractivity contribution in [1.29, 1.82) is 0 Å². The van der Waals surface area contributed by atoms with Crippen molar-refractivity contribution >= 4 is 5.91 Å². The number of pyridine rings is 1. The third kappa shape index (κ3) is 4.22. The molecule has 30 heavy (non-hydrogen) atoms. The van der Waals surface area contributed by atoms with Crippen LogP contribution < -0.4 is 5.32 Å². The number of amides is 1. The summed E-state index contributed by atoms with van der Waals surface area (Å²) in [5.74, 6) is 0.510. The SMILES string of the molecule is Cc1ccc(-c2cc(C(=O)NCc3cnc(C)cn3)cc(-n3ncnc3C)c2)nc1. The first-order valence-electron chi connectivity index (χ1n) is 9.50. The van der Waals surface area contributed by atoms with E-state index in [1.807, 2.05) is 45.0 Å². The fourth-order valence-electron chi connectivity index (χ4n) is 2.99. The molecule has 1 N–H and O–H groups in total. The first-order chi connectivity index (χ1) is 14.5. The first kappa shape index (κ1) is 19.4. The maximum Gasteiger partial charge on any atom is 0.251 e. The smallest absolute Gasteiger partial charge is 0.251 e. The van der Waals surface area contributed by atoms with Gasteiger partial charge >= 0.3 is 0 Å². The molecule has 150 valence electrons. The highest BCUT2D eigenvalue weighted by Gasteiger charge is 2.13. The molecule has 0 aliphatic carbocycles. The number of aryl methyl sites for hydroxylation is 3. The van der Waals surface area contributed by atoms with Crippen molar-refractivity contribution in [2.45, 2.75) is 27.3 Å². The van der Waals surface area contributed by atoms with E-state index < -0.39 is 0 Å². The monoisotopic (exact) mass is 399 g/mol. The highest BCUT2D eigenvalue weighted by Crippen LogP contribution is 2.23. The average Bonchev–Trinajstić information content (AvgIpc) is 3.19. The molecule has 0 fully saturated rings. The zero-order chi connectivity index (χ0) is 21.1. The van der Waals surface area contributed by atoms with Crippen LogP contribution >= 0.6 is 0 Å². The van der Waals surface area contributed by atoms with Gasteiger partial charge in [0.2, 0.25) is 0 Å². The molecule has 1 amide bonds. The van der Waals surface area contributed by atoms with Crippen molar-refractivity contribution < 1.29 is 4.79 Å². The van der Waals surface area contributed by atoms with Crippen molar-refractivity contribution in [1.82, 2.24) is 35.0 Å². The molecule has 3 aromatic heterocycles. The zero-order valence-electron chi connectivity index (χ0n) is 17.0. The molecular weight excluding hydrogens is 378 g/mol. The summed E-state index contributed by atoms with van der Waals surface area (Å²) < 4.78 is 1.69. The van der Waals surface area contributed by atoms with Crippen LogP contribution in [0, 0.1) is 20.8 Å². The molecular formula is C22H21N7O. The molecule has 4 aromatic rings. The summed E-state index contributed by atoms with van der Waals surface area (Å²) in [4.78, 5) is 30.1. The van der Waals surface area contributed by atoms with E-state index >= 15 is 0 Å². The molecule has 0 aliphatic heterocycles. The Kier molecular flexibility index (Phi) is 5.30. The fraction of sp³-hybridized carbons (Fsp3) is 0.182. The normalized spacial score (nSPS) is 10.8. The third-order valence-corrected chi connectivity index (χ3v) is 4.61. The number of rotatable bonds is 5. The molecule has 8 heteroatoms. The molecule has 0 unspecified atom stereocenters. The molecule has 3 heterocycles. The van der Waals surface area contributed by atoms with Crippen LogP contribution in [0.3, 0.4) is 0 Å². The van der Waals surface area contributed by atoms with E-state index in [0.717, 1.165) is 34.0 Å². The zero-order valence-corrected chi connectivity index (χ0v) is 17.0. The van der Waals surface area contributed by atoms with Crippen molar-refractivity contribution in [3.63, 3.8) is 0 Å². The number of hydrogen-bond donors (Lipinski definition) is 1. The number of hydrogen-bond acceptors (Lipinski definition) is 6. The van der Waals surface area contributed by atoms with E-state index in [-0.39, 0.29) is 12.5 Å². The Hall–Kier alpha value is -3.94. The largest absolute Gasteiger partial charge is 0.346 e. The summed E-state index contributed by atoms with van der Waals surface area (Å²) in [5, 5.41) is 7.17. The van der Waals surface area contributed by atoms with Crippen LogP contribution in [0.5, 0.6) is 0 Å². The Morgan fingerprint density at radius 2 is 1.83 bits per heavy atom. The maximum absolute atomic E-state index is 12.9. The lowest BCUT2D eigenvalue weighted by Gasteiger charge is -2.11. The minimum Gasteiger partial charge on any atom is -0.346 e. The summed E-state index contributed by atoms with van der Waals surface area (Å²) in [5.41, 5.74) is 5.43. The lowest BCUT2D eigenvalue weighted by molar-refractivity contribution is 0.0950. The van der Waals surface area contributed by atoms with Gasteiger partial charge in [0.05, 0.1) is 35.5 Å². The topological polar surface area (TPSA) is 98.5 Å². The Morgan fingerprint density at radius 3 is 2.50 bits per heavy atom. The van der Waals surface area contributed by atoms with Crippen LogP contribution in [0.15, 0.2) is 55.2 Å². The molecule has 4 rings (SSSR count). The second kappa shape index (κ2) is 8.20. The summed E-state index contributed by atoms with van der Waals surface area (Å²) in [6, 6.07) is 9.48. The van der Waals surface area contributed by atoms with E-state index in [1.54, 1.807) is 29.3 Å². The van der Waals surface area contributed by atoms with Gasteiger partial charge in [0.25, 0.3) is 5.91 Å². The highest BCUT2D eigenvalue weighted by molar-refractivity contribution is 5.96. The number of aromatic nitrogens is 6. The maximum atomic E-state index is 12.9. The van der Waals surface area contributed by atoms with Crippen LogP contribution in [0.2, 0.25) is 0 Å². The quantitative estimate of drug-likeness (QED) is 0.554. The van der Waals surface area contributed by atoms with E-state index in [2.05, 4.69) is 30.4 Å². The predicted molar refractivity (Wildman–Crippen MR) is 112 cm³/mol. The number of nitrogens with one attached hydrogen (secondary N) is 1. The third-order valence-electron chi connectivity index (χ3n) is 4.61. The van der Waals surface area contributed by atoms with Crippen molar-refractivity contribution in [2.24, 2.45) is 0 Å². The fourth-order valence-corrected chi connectivity index (χ4v) is 2.99. The second-order valence-electron chi connectivity index (χ2n) is 7.04. The molecule has 0 bridgehead atoms. The minimum absolute atomic E-state index is 0.217. The van der Waals surface area contributed by atoms with Gasteiger partial charge < -0.3 is 5.32 Å². The van der Waals surface area contributed by atoms with Gasteiger partial charge in [0.15, 0.2) is 0 Å². The summed E-state index contributed by atoms with van der Waals surface area (Å²) in [6.07, 6.45) is 6.63. The van der Waals surface area contributed by atoms with Crippen molar-refractivity contribution in [2.75, 3.05) is 0 Å². The van der Waals surface area contributed by atoms with Gasteiger partial charge in [-0.15, -0.1) is 0 Å².